The molecule has 32 heavy (non-hydrogen) atoms. The summed E-state index contributed by atoms with van der Waals surface area (Å²) in [6, 6.07) is 6.16. The van der Waals surface area contributed by atoms with Crippen molar-refractivity contribution in [1.29, 1.82) is 0 Å². The van der Waals surface area contributed by atoms with Crippen LogP contribution in [0.5, 0.6) is 11.8 Å². The number of carbonyl (C=O) groups is 2. The van der Waals surface area contributed by atoms with Gasteiger partial charge in [-0.15, -0.1) is 0 Å². The third-order valence-corrected chi connectivity index (χ3v) is 5.48. The van der Waals surface area contributed by atoms with E-state index in [2.05, 4.69) is 15.3 Å². The van der Waals surface area contributed by atoms with Crippen LogP contribution >= 0.6 is 0 Å². The number of nitrogens with one attached hydrogen (secondary N) is 2. The Morgan fingerprint density at radius 2 is 1.69 bits per heavy atom. The Kier molecular flexibility index (Phi) is 8.72. The molecule has 1 aromatic heterocycles. The van der Waals surface area contributed by atoms with Gasteiger partial charge in [0.05, 0.1) is 31.8 Å². The Morgan fingerprint density at radius 3 is 2.25 bits per heavy atom. The SMILES string of the molecule is CCOC(=O)C(Cc1ccccc1S(=O)(=O)NC(=O)Nc1nc(OC)cc(OC)n1)OC. The van der Waals surface area contributed by atoms with Crippen molar-refractivity contribution >= 4 is 28.0 Å². The highest BCUT2D eigenvalue weighted by atomic mass is 32.2. The Labute approximate surface area is 185 Å². The van der Waals surface area contributed by atoms with Gasteiger partial charge in [0, 0.05) is 13.5 Å². The number of hydrogen-bond acceptors (Lipinski definition) is 10. The summed E-state index contributed by atoms with van der Waals surface area (Å²) in [6.07, 6.45) is -1.10. The fourth-order valence-electron chi connectivity index (χ4n) is 2.61. The van der Waals surface area contributed by atoms with Crippen LogP contribution in [0.25, 0.3) is 0 Å². The second kappa shape index (κ2) is 11.2. The quantitative estimate of drug-likeness (QED) is 0.485. The third kappa shape index (κ3) is 6.52. The molecular formula is C19H24N4O8S. The largest absolute Gasteiger partial charge is 0.481 e. The van der Waals surface area contributed by atoms with Crippen LogP contribution < -0.4 is 19.5 Å². The molecule has 2 aromatic rings. The smallest absolute Gasteiger partial charge is 0.335 e. The van der Waals surface area contributed by atoms with E-state index >= 15 is 0 Å². The molecule has 0 radical (unpaired) electrons. The fraction of sp³-hybridized carbons (Fsp3) is 0.368. The lowest BCUT2D eigenvalue weighted by Crippen LogP contribution is -2.36. The molecule has 0 saturated carbocycles. The van der Waals surface area contributed by atoms with Gasteiger partial charge in [0.25, 0.3) is 10.0 Å². The summed E-state index contributed by atoms with van der Waals surface area (Å²) in [6.45, 7) is 1.80. The lowest BCUT2D eigenvalue weighted by Gasteiger charge is -2.16. The number of sulfonamides is 1. The molecule has 0 saturated heterocycles. The third-order valence-electron chi connectivity index (χ3n) is 4.05. The molecule has 0 aliphatic heterocycles. The van der Waals surface area contributed by atoms with Crippen molar-refractivity contribution in [2.75, 3.05) is 33.3 Å². The topological polar surface area (TPSA) is 155 Å². The van der Waals surface area contributed by atoms with Crippen LogP contribution in [0.15, 0.2) is 35.2 Å². The summed E-state index contributed by atoms with van der Waals surface area (Å²) in [4.78, 5) is 31.9. The molecule has 0 aliphatic carbocycles. The molecular weight excluding hydrogens is 444 g/mol. The summed E-state index contributed by atoms with van der Waals surface area (Å²) in [7, 11) is -0.293. The van der Waals surface area contributed by atoms with Crippen molar-refractivity contribution in [3.63, 3.8) is 0 Å². The zero-order chi connectivity index (χ0) is 23.7. The van der Waals surface area contributed by atoms with Crippen molar-refractivity contribution in [1.82, 2.24) is 14.7 Å². The summed E-state index contributed by atoms with van der Waals surface area (Å²) >= 11 is 0. The first kappa shape index (κ1) is 24.8. The van der Waals surface area contributed by atoms with E-state index in [9.17, 15) is 18.0 Å². The van der Waals surface area contributed by atoms with Crippen LogP contribution in [0.4, 0.5) is 10.7 Å². The Balaban J connectivity index is 2.22. The minimum Gasteiger partial charge on any atom is -0.481 e. The monoisotopic (exact) mass is 468 g/mol. The van der Waals surface area contributed by atoms with Gasteiger partial charge >= 0.3 is 12.0 Å². The summed E-state index contributed by atoms with van der Waals surface area (Å²) in [5.74, 6) is -0.657. The molecule has 0 bridgehead atoms. The van der Waals surface area contributed by atoms with Crippen LogP contribution in [0.1, 0.15) is 12.5 Å². The van der Waals surface area contributed by atoms with Gasteiger partial charge in [-0.2, -0.15) is 9.97 Å². The molecule has 2 amide bonds. The van der Waals surface area contributed by atoms with Gasteiger partial charge in [-0.05, 0) is 18.6 Å². The highest BCUT2D eigenvalue weighted by molar-refractivity contribution is 7.90. The summed E-state index contributed by atoms with van der Waals surface area (Å²) in [5, 5.41) is 2.21. The Morgan fingerprint density at radius 1 is 1.06 bits per heavy atom. The highest BCUT2D eigenvalue weighted by Crippen LogP contribution is 2.20. The second-order valence-corrected chi connectivity index (χ2v) is 7.77. The maximum atomic E-state index is 12.8. The number of hydrogen-bond donors (Lipinski definition) is 2. The van der Waals surface area contributed by atoms with Crippen LogP contribution in [0, 0.1) is 0 Å². The number of amides is 2. The molecule has 13 heteroatoms. The summed E-state index contributed by atoms with van der Waals surface area (Å²) < 4.78 is 47.6. The zero-order valence-electron chi connectivity index (χ0n) is 17.9. The number of methoxy groups -OCH3 is 3. The zero-order valence-corrected chi connectivity index (χ0v) is 18.8. The molecule has 0 aliphatic rings. The lowest BCUT2D eigenvalue weighted by molar-refractivity contribution is -0.154. The minimum absolute atomic E-state index is 0.0791. The standard InChI is InChI=1S/C19H24N4O8S/c1-5-31-17(24)13(28-2)10-12-8-6-7-9-14(12)32(26,27)23-19(25)22-18-20-15(29-3)11-16(21-18)30-4/h6-9,11,13H,5,10H2,1-4H3,(H2,20,21,22,23,25). The van der Waals surface area contributed by atoms with E-state index in [4.69, 9.17) is 18.9 Å². The summed E-state index contributed by atoms with van der Waals surface area (Å²) in [5.41, 5.74) is 0.256. The molecule has 1 unspecified atom stereocenters. The van der Waals surface area contributed by atoms with Gasteiger partial charge < -0.3 is 18.9 Å². The number of anilines is 1. The van der Waals surface area contributed by atoms with Gasteiger partial charge in [-0.25, -0.2) is 22.7 Å². The number of carbonyl (C=O) groups excluding carboxylic acids is 2. The average molecular weight is 468 g/mol. The normalized spacial score (nSPS) is 11.9. The molecule has 174 valence electrons. The van der Waals surface area contributed by atoms with Crippen molar-refractivity contribution in [3.05, 3.63) is 35.9 Å². The maximum Gasteiger partial charge on any atom is 0.335 e. The van der Waals surface area contributed by atoms with Crippen LogP contribution in [0.3, 0.4) is 0 Å². The Bertz CT molecular complexity index is 1040. The molecule has 0 fully saturated rings. The number of rotatable bonds is 10. The molecule has 1 atom stereocenters. The number of nitrogens with zero attached hydrogens (tertiary/aromatic N) is 2. The minimum atomic E-state index is -4.32. The van der Waals surface area contributed by atoms with Gasteiger partial charge in [0.1, 0.15) is 0 Å². The van der Waals surface area contributed by atoms with E-state index in [0.29, 0.717) is 0 Å². The maximum absolute atomic E-state index is 12.8. The van der Waals surface area contributed by atoms with E-state index in [1.54, 1.807) is 13.0 Å². The van der Waals surface area contributed by atoms with Crippen LogP contribution in [-0.4, -0.2) is 64.4 Å². The van der Waals surface area contributed by atoms with Gasteiger partial charge in [-0.3, -0.25) is 5.32 Å². The first-order valence-electron chi connectivity index (χ1n) is 9.32. The molecule has 2 rings (SSSR count). The van der Waals surface area contributed by atoms with Crippen LogP contribution in [0.2, 0.25) is 0 Å². The van der Waals surface area contributed by atoms with E-state index in [1.165, 1.54) is 45.6 Å². The van der Waals surface area contributed by atoms with E-state index in [1.807, 2.05) is 4.72 Å². The number of aromatic nitrogens is 2. The fourth-order valence-corrected chi connectivity index (χ4v) is 3.76. The van der Waals surface area contributed by atoms with Crippen LogP contribution in [-0.2, 0) is 30.7 Å². The van der Waals surface area contributed by atoms with Crippen molar-refractivity contribution < 1.29 is 37.0 Å². The van der Waals surface area contributed by atoms with Crippen molar-refractivity contribution in [2.24, 2.45) is 0 Å². The van der Waals surface area contributed by atoms with E-state index in [-0.39, 0.29) is 41.2 Å². The molecule has 0 spiro atoms. The first-order valence-corrected chi connectivity index (χ1v) is 10.8. The number of benzene rings is 1. The van der Waals surface area contributed by atoms with Gasteiger partial charge in [0.2, 0.25) is 17.7 Å². The van der Waals surface area contributed by atoms with Gasteiger partial charge in [-0.1, -0.05) is 18.2 Å². The second-order valence-electron chi connectivity index (χ2n) is 6.12. The molecule has 2 N–H and O–H groups in total. The number of ether oxygens (including phenoxy) is 4. The average Bonchev–Trinajstić information content (AvgIpc) is 2.76. The highest BCUT2D eigenvalue weighted by Gasteiger charge is 2.26. The lowest BCUT2D eigenvalue weighted by atomic mass is 10.1. The first-order chi connectivity index (χ1) is 15.2. The van der Waals surface area contributed by atoms with Gasteiger partial charge in [0.15, 0.2) is 6.10 Å². The predicted octanol–water partition coefficient (Wildman–Crippen LogP) is 1.12. The van der Waals surface area contributed by atoms with Crippen molar-refractivity contribution in [2.45, 2.75) is 24.3 Å². The van der Waals surface area contributed by atoms with Crippen molar-refractivity contribution in [3.8, 4) is 11.8 Å². The Hall–Kier alpha value is -3.45. The number of esters is 1. The predicted molar refractivity (Wildman–Crippen MR) is 112 cm³/mol. The van der Waals surface area contributed by atoms with E-state index < -0.39 is 28.1 Å². The molecule has 12 nitrogen and oxygen atoms in total. The molecule has 1 aromatic carbocycles. The molecule has 1 heterocycles. The van der Waals surface area contributed by atoms with E-state index in [0.717, 1.165) is 0 Å². The number of urea groups is 1.